The summed E-state index contributed by atoms with van der Waals surface area (Å²) >= 11 is 12.0. The highest BCUT2D eigenvalue weighted by Crippen LogP contribution is 2.28. The number of unbranched alkanes of at least 4 members (excludes halogenated alkanes) is 2. The van der Waals surface area contributed by atoms with Gasteiger partial charge in [-0.15, -0.1) is 0 Å². The fourth-order valence-electron chi connectivity index (χ4n) is 2.02. The van der Waals surface area contributed by atoms with Crippen LogP contribution in [0.1, 0.15) is 45.1 Å². The van der Waals surface area contributed by atoms with Crippen LogP contribution in [-0.2, 0) is 16.6 Å². The second-order valence-electron chi connectivity index (χ2n) is 5.10. The Morgan fingerprint density at radius 1 is 1.24 bits per heavy atom. The van der Waals surface area contributed by atoms with Gasteiger partial charge in [-0.3, -0.25) is 0 Å². The lowest BCUT2D eigenvalue weighted by Crippen LogP contribution is -2.32. The number of sulfonamides is 1. The number of rotatable bonds is 8. The molecule has 0 aliphatic heterocycles. The third kappa shape index (κ3) is 5.42. The molecule has 7 heteroatoms. The largest absolute Gasteiger partial charge is 0.326 e. The van der Waals surface area contributed by atoms with Crippen molar-refractivity contribution < 1.29 is 8.42 Å². The smallest absolute Gasteiger partial charge is 0.242 e. The van der Waals surface area contributed by atoms with Gasteiger partial charge in [-0.25, -0.2) is 13.1 Å². The number of benzene rings is 1. The Morgan fingerprint density at radius 3 is 2.48 bits per heavy atom. The summed E-state index contributed by atoms with van der Waals surface area (Å²) in [7, 11) is -3.67. The molecule has 0 aliphatic carbocycles. The fourth-order valence-corrected chi connectivity index (χ4v) is 4.17. The first kappa shape index (κ1) is 18.7. The van der Waals surface area contributed by atoms with E-state index < -0.39 is 10.0 Å². The average molecular weight is 353 g/mol. The van der Waals surface area contributed by atoms with Gasteiger partial charge in [0.1, 0.15) is 4.90 Å². The topological polar surface area (TPSA) is 72.2 Å². The van der Waals surface area contributed by atoms with E-state index in [1.54, 1.807) is 0 Å². The third-order valence-corrected chi connectivity index (χ3v) is 5.61. The minimum Gasteiger partial charge on any atom is -0.326 e. The summed E-state index contributed by atoms with van der Waals surface area (Å²) in [5, 5.41) is 0.475. The van der Waals surface area contributed by atoms with Crippen LogP contribution in [0.3, 0.4) is 0 Å². The molecule has 1 aromatic carbocycles. The van der Waals surface area contributed by atoms with Crippen LogP contribution >= 0.6 is 23.2 Å². The number of hydrogen-bond donors (Lipinski definition) is 2. The van der Waals surface area contributed by atoms with Gasteiger partial charge in [-0.1, -0.05) is 49.4 Å². The van der Waals surface area contributed by atoms with E-state index in [0.29, 0.717) is 10.6 Å². The molecule has 0 aliphatic rings. The molecule has 1 rings (SSSR count). The van der Waals surface area contributed by atoms with E-state index >= 15 is 0 Å². The van der Waals surface area contributed by atoms with Crippen LogP contribution in [0, 0.1) is 0 Å². The molecule has 0 saturated heterocycles. The highest BCUT2D eigenvalue weighted by Gasteiger charge is 2.21. The van der Waals surface area contributed by atoms with E-state index in [1.807, 2.05) is 6.92 Å². The lowest BCUT2D eigenvalue weighted by atomic mass is 10.1. The van der Waals surface area contributed by atoms with Crippen molar-refractivity contribution in [3.8, 4) is 0 Å². The monoisotopic (exact) mass is 352 g/mol. The predicted octanol–water partition coefficient (Wildman–Crippen LogP) is 3.70. The van der Waals surface area contributed by atoms with Gasteiger partial charge in [0.25, 0.3) is 0 Å². The third-order valence-electron chi connectivity index (χ3n) is 3.21. The lowest BCUT2D eigenvalue weighted by molar-refractivity contribution is 0.527. The maximum atomic E-state index is 12.4. The van der Waals surface area contributed by atoms with Crippen molar-refractivity contribution in [3.05, 3.63) is 27.7 Å². The van der Waals surface area contributed by atoms with Crippen LogP contribution in [0.25, 0.3) is 0 Å². The van der Waals surface area contributed by atoms with Crippen molar-refractivity contribution in [3.63, 3.8) is 0 Å². The first-order valence-corrected chi connectivity index (χ1v) is 9.26. The molecule has 0 bridgehead atoms. The number of nitrogens with one attached hydrogen (secondary N) is 1. The van der Waals surface area contributed by atoms with Crippen LogP contribution in [0.4, 0.5) is 0 Å². The first-order chi connectivity index (χ1) is 9.81. The standard InChI is InChI=1S/C14H22Cl2N2O2S/c1-3-4-5-6-10(2)18-21(19,20)14-7-11(9-17)12(15)8-13(14)16/h7-8,10,18H,3-6,9,17H2,1-2H3. The molecular formula is C14H22Cl2N2O2S. The van der Waals surface area contributed by atoms with Gasteiger partial charge in [0.15, 0.2) is 0 Å². The summed E-state index contributed by atoms with van der Waals surface area (Å²) in [5.74, 6) is 0. The van der Waals surface area contributed by atoms with Crippen molar-refractivity contribution in [2.24, 2.45) is 5.73 Å². The SMILES string of the molecule is CCCCCC(C)NS(=O)(=O)c1cc(CN)c(Cl)cc1Cl. The molecule has 3 N–H and O–H groups in total. The lowest BCUT2D eigenvalue weighted by Gasteiger charge is -2.16. The van der Waals surface area contributed by atoms with Crippen molar-refractivity contribution in [2.45, 2.75) is 57.0 Å². The van der Waals surface area contributed by atoms with E-state index in [9.17, 15) is 8.42 Å². The van der Waals surface area contributed by atoms with Crippen molar-refractivity contribution >= 4 is 33.2 Å². The van der Waals surface area contributed by atoms with Crippen molar-refractivity contribution in [2.75, 3.05) is 0 Å². The molecule has 120 valence electrons. The highest BCUT2D eigenvalue weighted by atomic mass is 35.5. The molecule has 1 atom stereocenters. The van der Waals surface area contributed by atoms with Gasteiger partial charge in [-0.05, 0) is 31.0 Å². The zero-order valence-corrected chi connectivity index (χ0v) is 14.7. The Morgan fingerprint density at radius 2 is 1.90 bits per heavy atom. The maximum Gasteiger partial charge on any atom is 0.242 e. The summed E-state index contributed by atoms with van der Waals surface area (Å²) in [5.41, 5.74) is 6.11. The zero-order chi connectivity index (χ0) is 16.0. The van der Waals surface area contributed by atoms with Gasteiger partial charge >= 0.3 is 0 Å². The van der Waals surface area contributed by atoms with Crippen molar-refractivity contribution in [1.82, 2.24) is 4.72 Å². The highest BCUT2D eigenvalue weighted by molar-refractivity contribution is 7.89. The minimum atomic E-state index is -3.67. The van der Waals surface area contributed by atoms with Gasteiger partial charge in [0, 0.05) is 17.6 Å². The Balaban J connectivity index is 2.92. The van der Waals surface area contributed by atoms with Crippen LogP contribution in [0.15, 0.2) is 17.0 Å². The molecule has 1 aromatic rings. The Kier molecular flexibility index (Phi) is 7.44. The Hall–Kier alpha value is -0.330. The Bertz CT molecular complexity index is 577. The zero-order valence-electron chi connectivity index (χ0n) is 12.3. The molecule has 21 heavy (non-hydrogen) atoms. The second kappa shape index (κ2) is 8.34. The van der Waals surface area contributed by atoms with Crippen LogP contribution < -0.4 is 10.5 Å². The molecule has 0 spiro atoms. The van der Waals surface area contributed by atoms with E-state index in [1.165, 1.54) is 12.1 Å². The number of halogens is 2. The van der Waals surface area contributed by atoms with E-state index in [0.717, 1.165) is 25.7 Å². The molecule has 0 aromatic heterocycles. The molecule has 0 saturated carbocycles. The maximum absolute atomic E-state index is 12.4. The summed E-state index contributed by atoms with van der Waals surface area (Å²) in [6, 6.07) is 2.71. The minimum absolute atomic E-state index is 0.0244. The second-order valence-corrected chi connectivity index (χ2v) is 7.59. The van der Waals surface area contributed by atoms with E-state index in [4.69, 9.17) is 28.9 Å². The molecule has 0 fully saturated rings. The normalized spacial score (nSPS) is 13.4. The molecule has 0 heterocycles. The van der Waals surface area contributed by atoms with Gasteiger partial charge in [-0.2, -0.15) is 0 Å². The summed E-state index contributed by atoms with van der Waals surface area (Å²) in [6.45, 7) is 4.11. The fraction of sp³-hybridized carbons (Fsp3) is 0.571. The molecule has 0 amide bonds. The van der Waals surface area contributed by atoms with Crippen molar-refractivity contribution in [1.29, 1.82) is 0 Å². The van der Waals surface area contributed by atoms with Gasteiger partial charge < -0.3 is 5.73 Å². The first-order valence-electron chi connectivity index (χ1n) is 7.02. The molecule has 0 radical (unpaired) electrons. The van der Waals surface area contributed by atoms with E-state index in [-0.39, 0.29) is 22.5 Å². The van der Waals surface area contributed by atoms with Crippen LogP contribution in [-0.4, -0.2) is 14.5 Å². The summed E-state index contributed by atoms with van der Waals surface area (Å²) in [4.78, 5) is 0.0244. The molecular weight excluding hydrogens is 331 g/mol. The molecule has 1 unspecified atom stereocenters. The quantitative estimate of drug-likeness (QED) is 0.700. The van der Waals surface area contributed by atoms with Gasteiger partial charge in [0.05, 0.1) is 5.02 Å². The number of nitrogens with two attached hydrogens (primary N) is 1. The summed E-state index contributed by atoms with van der Waals surface area (Å²) < 4.78 is 27.4. The van der Waals surface area contributed by atoms with Crippen LogP contribution in [0.5, 0.6) is 0 Å². The average Bonchev–Trinajstić information content (AvgIpc) is 2.38. The van der Waals surface area contributed by atoms with Gasteiger partial charge in [0.2, 0.25) is 10.0 Å². The summed E-state index contributed by atoms with van der Waals surface area (Å²) in [6.07, 6.45) is 3.97. The van der Waals surface area contributed by atoms with E-state index in [2.05, 4.69) is 11.6 Å². The van der Waals surface area contributed by atoms with Crippen LogP contribution in [0.2, 0.25) is 10.0 Å². The predicted molar refractivity (Wildman–Crippen MR) is 88.3 cm³/mol. The Labute approximate surface area is 137 Å². The number of hydrogen-bond acceptors (Lipinski definition) is 3. The molecule has 4 nitrogen and oxygen atoms in total.